The molecular formula is C18H24ClN3O4. The number of halogens is 1. The Hall–Kier alpha value is -1.99. The van der Waals surface area contributed by atoms with Crippen molar-refractivity contribution in [2.24, 2.45) is 11.7 Å². The number of hydrogen-bond donors (Lipinski definition) is 1. The molecule has 0 aromatic heterocycles. The average molecular weight is 382 g/mol. The fraction of sp³-hybridized carbons (Fsp3) is 0.556. The Balaban J connectivity index is 0.00000196. The summed E-state index contributed by atoms with van der Waals surface area (Å²) in [5.74, 6) is 1.07. The van der Waals surface area contributed by atoms with Gasteiger partial charge in [0, 0.05) is 43.9 Å². The third kappa shape index (κ3) is 3.33. The smallest absolute Gasteiger partial charge is 0.228 e. The van der Waals surface area contributed by atoms with E-state index in [2.05, 4.69) is 0 Å². The van der Waals surface area contributed by atoms with Crippen LogP contribution in [-0.2, 0) is 9.59 Å². The maximum atomic E-state index is 12.8. The normalized spacial score (nSPS) is 24.6. The summed E-state index contributed by atoms with van der Waals surface area (Å²) in [5, 5.41) is 0. The summed E-state index contributed by atoms with van der Waals surface area (Å²) >= 11 is 0. The van der Waals surface area contributed by atoms with Crippen molar-refractivity contribution in [1.82, 2.24) is 4.90 Å². The molecule has 8 heteroatoms. The number of fused-ring (bicyclic) bond motifs is 1. The van der Waals surface area contributed by atoms with Gasteiger partial charge < -0.3 is 25.0 Å². The Kier molecular flexibility index (Phi) is 5.58. The maximum Gasteiger partial charge on any atom is 0.228 e. The van der Waals surface area contributed by atoms with E-state index in [1.54, 1.807) is 4.90 Å². The van der Waals surface area contributed by atoms with Crippen LogP contribution in [0.25, 0.3) is 0 Å². The zero-order valence-corrected chi connectivity index (χ0v) is 15.4. The molecule has 7 nitrogen and oxygen atoms in total. The number of carbonyl (C=O) groups excluding carboxylic acids is 2. The SMILES string of the molecule is Cl.NCC1CCCN1C(=O)C1CC(=O)N(c2ccc3c(c2)OCCO3)C1. The van der Waals surface area contributed by atoms with Crippen LogP contribution in [0.4, 0.5) is 5.69 Å². The minimum atomic E-state index is -0.298. The fourth-order valence-electron chi connectivity index (χ4n) is 3.93. The van der Waals surface area contributed by atoms with E-state index in [0.29, 0.717) is 37.8 Å². The molecule has 2 saturated heterocycles. The lowest BCUT2D eigenvalue weighted by atomic mass is 10.1. The fourth-order valence-corrected chi connectivity index (χ4v) is 3.93. The van der Waals surface area contributed by atoms with Gasteiger partial charge in [0.1, 0.15) is 13.2 Å². The van der Waals surface area contributed by atoms with Crippen molar-refractivity contribution < 1.29 is 19.1 Å². The van der Waals surface area contributed by atoms with Gasteiger partial charge in [0.05, 0.1) is 5.92 Å². The van der Waals surface area contributed by atoms with Gasteiger partial charge in [-0.05, 0) is 25.0 Å². The highest BCUT2D eigenvalue weighted by atomic mass is 35.5. The molecule has 0 radical (unpaired) electrons. The largest absolute Gasteiger partial charge is 0.486 e. The van der Waals surface area contributed by atoms with Gasteiger partial charge in [-0.15, -0.1) is 12.4 Å². The number of rotatable bonds is 3. The number of nitrogens with two attached hydrogens (primary N) is 1. The van der Waals surface area contributed by atoms with Crippen LogP contribution in [-0.4, -0.2) is 55.6 Å². The Morgan fingerprint density at radius 2 is 2.00 bits per heavy atom. The van der Waals surface area contributed by atoms with E-state index in [1.165, 1.54) is 0 Å². The second kappa shape index (κ2) is 7.72. The van der Waals surface area contributed by atoms with E-state index in [4.69, 9.17) is 15.2 Å². The predicted molar refractivity (Wildman–Crippen MR) is 98.9 cm³/mol. The summed E-state index contributed by atoms with van der Waals surface area (Å²) in [7, 11) is 0. The highest BCUT2D eigenvalue weighted by Crippen LogP contribution is 2.36. The van der Waals surface area contributed by atoms with E-state index in [0.717, 1.165) is 25.1 Å². The van der Waals surface area contributed by atoms with Crippen LogP contribution in [0.5, 0.6) is 11.5 Å². The van der Waals surface area contributed by atoms with Crippen molar-refractivity contribution in [3.05, 3.63) is 18.2 Å². The van der Waals surface area contributed by atoms with Gasteiger partial charge in [-0.2, -0.15) is 0 Å². The number of benzene rings is 1. The molecule has 2 unspecified atom stereocenters. The molecule has 0 bridgehead atoms. The van der Waals surface area contributed by atoms with Gasteiger partial charge in [0.15, 0.2) is 11.5 Å². The van der Waals surface area contributed by atoms with Crippen molar-refractivity contribution in [2.45, 2.75) is 25.3 Å². The van der Waals surface area contributed by atoms with Gasteiger partial charge >= 0.3 is 0 Å². The van der Waals surface area contributed by atoms with Gasteiger partial charge in [-0.25, -0.2) is 0 Å². The highest BCUT2D eigenvalue weighted by Gasteiger charge is 2.40. The molecule has 3 heterocycles. The molecule has 3 aliphatic heterocycles. The summed E-state index contributed by atoms with van der Waals surface area (Å²) in [5.41, 5.74) is 6.53. The second-order valence-corrected chi connectivity index (χ2v) is 6.80. The average Bonchev–Trinajstić information content (AvgIpc) is 3.27. The molecule has 3 aliphatic rings. The minimum Gasteiger partial charge on any atom is -0.486 e. The van der Waals surface area contributed by atoms with Crippen LogP contribution in [0.3, 0.4) is 0 Å². The number of nitrogens with zero attached hydrogens (tertiary/aromatic N) is 2. The summed E-state index contributed by atoms with van der Waals surface area (Å²) in [6, 6.07) is 5.59. The standard InChI is InChI=1S/C18H23N3O4.ClH/c19-10-14-2-1-5-20(14)18(23)12-8-17(22)21(11-12)13-3-4-15-16(9-13)25-7-6-24-15;/h3-4,9,12,14H,1-2,5-8,10-11,19H2;1H. The number of ether oxygens (including phenoxy) is 2. The summed E-state index contributed by atoms with van der Waals surface area (Å²) < 4.78 is 11.1. The Morgan fingerprint density at radius 1 is 1.23 bits per heavy atom. The molecule has 2 amide bonds. The van der Waals surface area contributed by atoms with Crippen molar-refractivity contribution >= 4 is 29.9 Å². The third-order valence-electron chi connectivity index (χ3n) is 5.24. The molecule has 0 saturated carbocycles. The predicted octanol–water partition coefficient (Wildman–Crippen LogP) is 1.18. The first-order valence-electron chi connectivity index (χ1n) is 8.88. The molecule has 2 fully saturated rings. The molecule has 26 heavy (non-hydrogen) atoms. The Bertz CT molecular complexity index is 699. The second-order valence-electron chi connectivity index (χ2n) is 6.80. The summed E-state index contributed by atoms with van der Waals surface area (Å²) in [6.45, 7) is 2.67. The lowest BCUT2D eigenvalue weighted by Crippen LogP contribution is -2.43. The molecule has 0 spiro atoms. The molecule has 1 aromatic carbocycles. The topological polar surface area (TPSA) is 85.1 Å². The number of anilines is 1. The first kappa shape index (κ1) is 18.8. The van der Waals surface area contributed by atoms with Crippen LogP contribution >= 0.6 is 12.4 Å². The molecule has 4 rings (SSSR count). The van der Waals surface area contributed by atoms with Crippen LogP contribution < -0.4 is 20.1 Å². The van der Waals surface area contributed by atoms with Crippen molar-refractivity contribution in [3.8, 4) is 11.5 Å². The molecular weight excluding hydrogens is 358 g/mol. The number of carbonyl (C=O) groups is 2. The molecule has 0 aliphatic carbocycles. The molecule has 1 aromatic rings. The highest BCUT2D eigenvalue weighted by molar-refractivity contribution is 6.00. The van der Waals surface area contributed by atoms with Crippen LogP contribution in [0.1, 0.15) is 19.3 Å². The minimum absolute atomic E-state index is 0. The van der Waals surface area contributed by atoms with E-state index in [-0.39, 0.29) is 42.6 Å². The van der Waals surface area contributed by atoms with Crippen molar-refractivity contribution in [2.75, 3.05) is 37.7 Å². The van der Waals surface area contributed by atoms with Crippen molar-refractivity contribution in [3.63, 3.8) is 0 Å². The van der Waals surface area contributed by atoms with E-state index < -0.39 is 0 Å². The Labute approximate surface area is 158 Å². The quantitative estimate of drug-likeness (QED) is 0.849. The zero-order valence-electron chi connectivity index (χ0n) is 14.6. The number of likely N-dealkylation sites (tertiary alicyclic amines) is 1. The molecule has 142 valence electrons. The van der Waals surface area contributed by atoms with Crippen LogP contribution in [0.15, 0.2) is 18.2 Å². The molecule has 2 atom stereocenters. The van der Waals surface area contributed by atoms with Gasteiger partial charge in [0.25, 0.3) is 0 Å². The van der Waals surface area contributed by atoms with E-state index in [9.17, 15) is 9.59 Å². The zero-order chi connectivity index (χ0) is 17.4. The Morgan fingerprint density at radius 3 is 2.77 bits per heavy atom. The van der Waals surface area contributed by atoms with E-state index >= 15 is 0 Å². The van der Waals surface area contributed by atoms with Gasteiger partial charge in [0.2, 0.25) is 11.8 Å². The van der Waals surface area contributed by atoms with Crippen molar-refractivity contribution in [1.29, 1.82) is 0 Å². The van der Waals surface area contributed by atoms with Crippen LogP contribution in [0.2, 0.25) is 0 Å². The first-order chi connectivity index (χ1) is 12.2. The van der Waals surface area contributed by atoms with Gasteiger partial charge in [-0.3, -0.25) is 9.59 Å². The van der Waals surface area contributed by atoms with Gasteiger partial charge in [-0.1, -0.05) is 0 Å². The maximum absolute atomic E-state index is 12.8. The third-order valence-corrected chi connectivity index (χ3v) is 5.24. The lowest BCUT2D eigenvalue weighted by Gasteiger charge is -2.26. The summed E-state index contributed by atoms with van der Waals surface area (Å²) in [4.78, 5) is 28.8. The lowest BCUT2D eigenvalue weighted by molar-refractivity contribution is -0.136. The number of hydrogen-bond acceptors (Lipinski definition) is 5. The van der Waals surface area contributed by atoms with E-state index in [1.807, 2.05) is 23.1 Å². The number of amides is 2. The molecule has 2 N–H and O–H groups in total. The summed E-state index contributed by atoms with van der Waals surface area (Å²) in [6.07, 6.45) is 2.19. The van der Waals surface area contributed by atoms with Crippen LogP contribution in [0, 0.1) is 5.92 Å². The first-order valence-corrected chi connectivity index (χ1v) is 8.88. The monoisotopic (exact) mass is 381 g/mol.